The van der Waals surface area contributed by atoms with E-state index in [9.17, 15) is 0 Å². The molecule has 0 amide bonds. The van der Waals surface area contributed by atoms with Crippen LogP contribution < -0.4 is 0 Å². The molecule has 7 heavy (non-hydrogen) atoms. The molecule has 0 bridgehead atoms. The molecule has 0 rings (SSSR count). The Morgan fingerprint density at radius 1 is 1.00 bits per heavy atom. The minimum Gasteiger partial charge on any atom is -0.165 e. The predicted octanol–water partition coefficient (Wildman–Crippen LogP) is 2.10. The van der Waals surface area contributed by atoms with E-state index in [1.54, 1.807) is 0 Å². The van der Waals surface area contributed by atoms with Gasteiger partial charge in [0.1, 0.15) is 0 Å². The fraction of sp³-hybridized carbons (Fsp3) is 1.00. The molecule has 0 atom stereocenters. The van der Waals surface area contributed by atoms with Crippen molar-refractivity contribution in [2.75, 3.05) is 24.0 Å². The zero-order chi connectivity index (χ0) is 5.54. The first kappa shape index (κ1) is 7.70. The first-order valence-corrected chi connectivity index (χ1v) is 5.18. The van der Waals surface area contributed by atoms with E-state index < -0.39 is 0 Å². The van der Waals surface area contributed by atoms with Crippen LogP contribution in [0.5, 0.6) is 0 Å². The van der Waals surface area contributed by atoms with Gasteiger partial charge in [-0.3, -0.25) is 0 Å². The molecule has 0 nitrogen and oxygen atoms in total. The second-order valence-corrected chi connectivity index (χ2v) is 3.31. The summed E-state index contributed by atoms with van der Waals surface area (Å²) >= 11 is 3.86. The SMILES string of the molecule is CSCCCSC. The molecule has 0 N–H and O–H groups in total. The molecule has 0 aromatic carbocycles. The molecule has 0 saturated carbocycles. The molecule has 2 heteroatoms. The number of hydrogen-bond acceptors (Lipinski definition) is 2. The van der Waals surface area contributed by atoms with Gasteiger partial charge in [0.15, 0.2) is 0 Å². The lowest BCUT2D eigenvalue weighted by molar-refractivity contribution is 1.13. The van der Waals surface area contributed by atoms with Gasteiger partial charge in [0, 0.05) is 0 Å². The molecule has 0 aliphatic carbocycles. The Balaban J connectivity index is 2.45. The Morgan fingerprint density at radius 2 is 1.43 bits per heavy atom. The maximum Gasteiger partial charge on any atom is -0.00625 e. The van der Waals surface area contributed by atoms with Crippen LogP contribution in [0.15, 0.2) is 0 Å². The molecule has 0 aromatic heterocycles. The van der Waals surface area contributed by atoms with E-state index in [1.807, 2.05) is 23.5 Å². The van der Waals surface area contributed by atoms with Crippen molar-refractivity contribution in [2.24, 2.45) is 0 Å². The largest absolute Gasteiger partial charge is 0.165 e. The highest BCUT2D eigenvalue weighted by molar-refractivity contribution is 7.99. The van der Waals surface area contributed by atoms with Crippen LogP contribution in [0.1, 0.15) is 6.42 Å². The molecule has 0 spiro atoms. The van der Waals surface area contributed by atoms with Gasteiger partial charge >= 0.3 is 0 Å². The summed E-state index contributed by atoms with van der Waals surface area (Å²) in [4.78, 5) is 0. The van der Waals surface area contributed by atoms with E-state index in [2.05, 4.69) is 12.5 Å². The van der Waals surface area contributed by atoms with Crippen molar-refractivity contribution >= 4 is 23.5 Å². The minimum atomic E-state index is 1.32. The van der Waals surface area contributed by atoms with Crippen LogP contribution in [0.2, 0.25) is 0 Å². The van der Waals surface area contributed by atoms with E-state index in [0.29, 0.717) is 0 Å². The maximum absolute atomic E-state index is 2.15. The van der Waals surface area contributed by atoms with Crippen molar-refractivity contribution in [2.45, 2.75) is 6.42 Å². The summed E-state index contributed by atoms with van der Waals surface area (Å²) in [5, 5.41) is 0. The van der Waals surface area contributed by atoms with Gasteiger partial charge in [-0.1, -0.05) is 0 Å². The molecule has 44 valence electrons. The van der Waals surface area contributed by atoms with Gasteiger partial charge in [-0.05, 0) is 30.4 Å². The van der Waals surface area contributed by atoms with Crippen molar-refractivity contribution in [3.8, 4) is 0 Å². The number of rotatable bonds is 4. The summed E-state index contributed by atoms with van der Waals surface area (Å²) in [5.41, 5.74) is 0. The molecule has 0 radical (unpaired) electrons. The Hall–Kier alpha value is 0.700. The second-order valence-electron chi connectivity index (χ2n) is 1.34. The smallest absolute Gasteiger partial charge is 0.00625 e. The highest BCUT2D eigenvalue weighted by Gasteiger charge is 1.80. The van der Waals surface area contributed by atoms with Crippen LogP contribution in [0.4, 0.5) is 0 Å². The third-order valence-electron chi connectivity index (χ3n) is 0.697. The molecule has 0 aromatic rings. The molecule has 0 aliphatic rings. The molecule has 0 aliphatic heterocycles. The van der Waals surface area contributed by atoms with E-state index in [0.717, 1.165) is 0 Å². The molecule has 0 unspecified atom stereocenters. The lowest BCUT2D eigenvalue weighted by atomic mass is 10.6. The lowest BCUT2D eigenvalue weighted by Gasteiger charge is -1.90. The van der Waals surface area contributed by atoms with Crippen molar-refractivity contribution in [3.05, 3.63) is 0 Å². The van der Waals surface area contributed by atoms with Crippen LogP contribution >= 0.6 is 23.5 Å². The number of thioether (sulfide) groups is 2. The first-order chi connectivity index (χ1) is 3.41. The Bertz CT molecular complexity index is 25.3. The van der Waals surface area contributed by atoms with Gasteiger partial charge in [-0.2, -0.15) is 23.5 Å². The predicted molar refractivity (Wildman–Crippen MR) is 41.4 cm³/mol. The summed E-state index contributed by atoms with van der Waals surface area (Å²) in [6, 6.07) is 0. The first-order valence-electron chi connectivity index (χ1n) is 2.39. The van der Waals surface area contributed by atoms with Crippen LogP contribution in [-0.4, -0.2) is 24.0 Å². The van der Waals surface area contributed by atoms with Gasteiger partial charge in [0.05, 0.1) is 0 Å². The molecule has 0 saturated heterocycles. The zero-order valence-corrected chi connectivity index (χ0v) is 6.57. The second kappa shape index (κ2) is 6.70. The molecule has 0 fully saturated rings. The third kappa shape index (κ3) is 6.70. The molecular formula is C5H12S2. The zero-order valence-electron chi connectivity index (χ0n) is 4.94. The van der Waals surface area contributed by atoms with E-state index in [4.69, 9.17) is 0 Å². The standard InChI is InChI=1S/C5H12S2/c1-6-4-3-5-7-2/h3-5H2,1-2H3. The average Bonchev–Trinajstić information content (AvgIpc) is 1.69. The van der Waals surface area contributed by atoms with Crippen molar-refractivity contribution in [1.82, 2.24) is 0 Å². The molecular weight excluding hydrogens is 124 g/mol. The van der Waals surface area contributed by atoms with Crippen molar-refractivity contribution < 1.29 is 0 Å². The lowest BCUT2D eigenvalue weighted by Crippen LogP contribution is -1.79. The van der Waals surface area contributed by atoms with Gasteiger partial charge in [-0.15, -0.1) is 0 Å². The summed E-state index contributed by atoms with van der Waals surface area (Å²) in [6.07, 6.45) is 5.67. The highest BCUT2D eigenvalue weighted by atomic mass is 32.2. The van der Waals surface area contributed by atoms with Crippen molar-refractivity contribution in [3.63, 3.8) is 0 Å². The monoisotopic (exact) mass is 136 g/mol. The normalized spacial score (nSPS) is 9.43. The van der Waals surface area contributed by atoms with Crippen LogP contribution in [0.25, 0.3) is 0 Å². The number of hydrogen-bond donors (Lipinski definition) is 0. The highest BCUT2D eigenvalue weighted by Crippen LogP contribution is 2.00. The quantitative estimate of drug-likeness (QED) is 0.543. The fourth-order valence-electron chi connectivity index (χ4n) is 0.348. The van der Waals surface area contributed by atoms with E-state index in [-0.39, 0.29) is 0 Å². The Morgan fingerprint density at radius 3 is 1.71 bits per heavy atom. The van der Waals surface area contributed by atoms with Gasteiger partial charge in [0.2, 0.25) is 0 Å². The third-order valence-corrected chi connectivity index (χ3v) is 2.09. The van der Waals surface area contributed by atoms with Gasteiger partial charge in [0.25, 0.3) is 0 Å². The van der Waals surface area contributed by atoms with Crippen LogP contribution in [0.3, 0.4) is 0 Å². The van der Waals surface area contributed by atoms with Crippen molar-refractivity contribution in [1.29, 1.82) is 0 Å². The van der Waals surface area contributed by atoms with Gasteiger partial charge in [-0.25, -0.2) is 0 Å². The summed E-state index contributed by atoms with van der Waals surface area (Å²) in [7, 11) is 0. The summed E-state index contributed by atoms with van der Waals surface area (Å²) in [6.45, 7) is 0. The van der Waals surface area contributed by atoms with Crippen LogP contribution in [-0.2, 0) is 0 Å². The topological polar surface area (TPSA) is 0 Å². The minimum absolute atomic E-state index is 1.32. The Labute approximate surface area is 54.4 Å². The van der Waals surface area contributed by atoms with E-state index >= 15 is 0 Å². The summed E-state index contributed by atoms with van der Waals surface area (Å²) < 4.78 is 0. The fourth-order valence-corrected chi connectivity index (χ4v) is 1.40. The summed E-state index contributed by atoms with van der Waals surface area (Å²) in [5.74, 6) is 2.64. The average molecular weight is 136 g/mol. The maximum atomic E-state index is 2.15. The van der Waals surface area contributed by atoms with E-state index in [1.165, 1.54) is 17.9 Å². The van der Waals surface area contributed by atoms with Gasteiger partial charge < -0.3 is 0 Å². The van der Waals surface area contributed by atoms with Crippen LogP contribution in [0, 0.1) is 0 Å². The Kier molecular flexibility index (Phi) is 7.37. The molecule has 0 heterocycles.